The Kier molecular flexibility index (Phi) is 5.50. The zero-order valence-corrected chi connectivity index (χ0v) is 18.5. The monoisotopic (exact) mass is 444 g/mol. The quantitative estimate of drug-likeness (QED) is 0.274. The molecule has 0 amide bonds. The number of methoxy groups -OCH3 is 2. The van der Waals surface area contributed by atoms with Crippen molar-refractivity contribution >= 4 is 35.0 Å². The highest BCUT2D eigenvalue weighted by molar-refractivity contribution is 7.71. The second kappa shape index (κ2) is 7.99. The average molecular weight is 445 g/mol. The van der Waals surface area contributed by atoms with Gasteiger partial charge in [-0.25, -0.2) is 0 Å². The number of para-hydroxylation sites is 2. The molecule has 0 unspecified atom stereocenters. The van der Waals surface area contributed by atoms with Crippen molar-refractivity contribution in [2.75, 3.05) is 20.0 Å². The molecule has 0 bridgehead atoms. The molecule has 4 rings (SSSR count). The van der Waals surface area contributed by atoms with Gasteiger partial charge in [-0.2, -0.15) is 0 Å². The van der Waals surface area contributed by atoms with Crippen LogP contribution in [0.25, 0.3) is 11.1 Å². The zero-order valence-electron chi connectivity index (χ0n) is 17.7. The van der Waals surface area contributed by atoms with Gasteiger partial charge in [-0.1, -0.05) is 12.1 Å². The van der Waals surface area contributed by atoms with E-state index in [2.05, 4.69) is 0 Å². The van der Waals surface area contributed by atoms with Crippen LogP contribution in [0.15, 0.2) is 46.9 Å². The first-order valence-electron chi connectivity index (χ1n) is 9.71. The van der Waals surface area contributed by atoms with E-state index in [1.54, 1.807) is 25.1 Å². The van der Waals surface area contributed by atoms with Gasteiger partial charge in [0.25, 0.3) is 4.84 Å². The van der Waals surface area contributed by atoms with Gasteiger partial charge < -0.3 is 29.1 Å². The van der Waals surface area contributed by atoms with Crippen LogP contribution in [0, 0.1) is 4.84 Å². The standard InChI is InChI=1S/C22H24N2O6S/c1-12(25)28-19-18(24-15-7-5-6-8-17(15)29-21(24)31)14-11-13(23)9-10-16(14)30-22(19,2)20(26-3)27-4/h5-11,18-20H,23H2,1-4H3/t18-,19-,22-/m1/s1. The molecule has 164 valence electrons. The Bertz CT molecular complexity index is 1180. The smallest absolute Gasteiger partial charge is 0.303 e. The van der Waals surface area contributed by atoms with Gasteiger partial charge in [0.1, 0.15) is 11.8 Å². The normalized spacial score (nSPS) is 22.9. The second-order valence-electron chi connectivity index (χ2n) is 7.57. The first-order valence-corrected chi connectivity index (χ1v) is 10.1. The molecule has 3 atom stereocenters. The van der Waals surface area contributed by atoms with E-state index in [4.69, 9.17) is 41.3 Å². The Labute approximate surface area is 184 Å². The summed E-state index contributed by atoms with van der Waals surface area (Å²) in [6.07, 6.45) is -1.73. The molecule has 1 aromatic heterocycles. The largest absolute Gasteiger partial charge is 0.478 e. The van der Waals surface area contributed by atoms with Crippen molar-refractivity contribution in [1.29, 1.82) is 0 Å². The van der Waals surface area contributed by atoms with Gasteiger partial charge >= 0.3 is 5.97 Å². The number of esters is 1. The van der Waals surface area contributed by atoms with Crippen molar-refractivity contribution in [3.05, 3.63) is 52.9 Å². The molecule has 2 N–H and O–H groups in total. The summed E-state index contributed by atoms with van der Waals surface area (Å²) < 4.78 is 31.0. The number of ether oxygens (including phenoxy) is 4. The number of fused-ring (bicyclic) bond motifs is 2. The third-order valence-electron chi connectivity index (χ3n) is 5.52. The molecule has 0 aliphatic carbocycles. The number of oxazole rings is 1. The van der Waals surface area contributed by atoms with Crippen LogP contribution in [0.1, 0.15) is 25.5 Å². The first-order chi connectivity index (χ1) is 14.8. The van der Waals surface area contributed by atoms with Crippen LogP contribution in [0.5, 0.6) is 5.75 Å². The van der Waals surface area contributed by atoms with Crippen LogP contribution >= 0.6 is 12.2 Å². The number of carbonyl (C=O) groups is 1. The zero-order chi connectivity index (χ0) is 22.3. The van der Waals surface area contributed by atoms with Crippen LogP contribution in [-0.2, 0) is 19.0 Å². The molecule has 8 nitrogen and oxygen atoms in total. The van der Waals surface area contributed by atoms with Crippen LogP contribution in [0.4, 0.5) is 5.69 Å². The van der Waals surface area contributed by atoms with Crippen LogP contribution in [0.3, 0.4) is 0 Å². The highest BCUT2D eigenvalue weighted by Gasteiger charge is 2.56. The number of benzene rings is 2. The molecule has 3 aromatic rings. The molecule has 1 aliphatic rings. The van der Waals surface area contributed by atoms with E-state index in [0.29, 0.717) is 22.6 Å². The number of hydrogen-bond acceptors (Lipinski definition) is 8. The number of aromatic nitrogens is 1. The lowest BCUT2D eigenvalue weighted by atomic mass is 9.83. The van der Waals surface area contributed by atoms with Crippen LogP contribution in [0.2, 0.25) is 0 Å². The van der Waals surface area contributed by atoms with Crippen molar-refractivity contribution in [1.82, 2.24) is 4.57 Å². The lowest BCUT2D eigenvalue weighted by Crippen LogP contribution is -2.62. The minimum Gasteiger partial charge on any atom is -0.478 e. The van der Waals surface area contributed by atoms with Crippen LogP contribution in [-0.4, -0.2) is 42.8 Å². The number of nitrogens with zero attached hydrogens (tertiary/aromatic N) is 1. The van der Waals surface area contributed by atoms with Gasteiger partial charge in [0, 0.05) is 32.4 Å². The molecule has 2 heterocycles. The number of carbonyl (C=O) groups excluding carboxylic acids is 1. The van der Waals surface area contributed by atoms with E-state index in [1.165, 1.54) is 21.1 Å². The highest BCUT2D eigenvalue weighted by atomic mass is 32.1. The fourth-order valence-corrected chi connectivity index (χ4v) is 4.59. The molecule has 9 heteroatoms. The Morgan fingerprint density at radius 3 is 2.61 bits per heavy atom. The van der Waals surface area contributed by atoms with Gasteiger partial charge in [0.05, 0.1) is 5.52 Å². The van der Waals surface area contributed by atoms with Crippen molar-refractivity contribution in [3.8, 4) is 5.75 Å². The first kappa shape index (κ1) is 21.4. The molecule has 0 fully saturated rings. The summed E-state index contributed by atoms with van der Waals surface area (Å²) in [5.74, 6) is 0.0684. The van der Waals surface area contributed by atoms with Crippen molar-refractivity contribution in [3.63, 3.8) is 0 Å². The fourth-order valence-electron chi connectivity index (χ4n) is 4.29. The van der Waals surface area contributed by atoms with Gasteiger partial charge in [0.15, 0.2) is 17.3 Å². The average Bonchev–Trinajstić information content (AvgIpc) is 3.05. The molecule has 1 aliphatic heterocycles. The summed E-state index contributed by atoms with van der Waals surface area (Å²) >= 11 is 5.58. The summed E-state index contributed by atoms with van der Waals surface area (Å²) in [5, 5.41) is 0. The fraction of sp³-hybridized carbons (Fsp3) is 0.364. The number of nitrogen functional groups attached to an aromatic ring is 1. The lowest BCUT2D eigenvalue weighted by molar-refractivity contribution is -0.244. The number of anilines is 1. The summed E-state index contributed by atoms with van der Waals surface area (Å²) in [5.41, 5.74) is 7.49. The molecular formula is C22H24N2O6S. The summed E-state index contributed by atoms with van der Waals surface area (Å²) in [4.78, 5) is 12.4. The van der Waals surface area contributed by atoms with E-state index in [1.807, 2.05) is 28.8 Å². The van der Waals surface area contributed by atoms with E-state index in [0.717, 1.165) is 5.52 Å². The van der Waals surface area contributed by atoms with Gasteiger partial charge in [-0.15, -0.1) is 0 Å². The van der Waals surface area contributed by atoms with E-state index >= 15 is 0 Å². The molecule has 0 radical (unpaired) electrons. The molecular weight excluding hydrogens is 420 g/mol. The van der Waals surface area contributed by atoms with Crippen molar-refractivity contribution < 1.29 is 28.2 Å². The molecule has 31 heavy (non-hydrogen) atoms. The van der Waals surface area contributed by atoms with Crippen molar-refractivity contribution in [2.45, 2.75) is 37.9 Å². The Balaban J connectivity index is 2.05. The van der Waals surface area contributed by atoms with E-state index in [-0.39, 0.29) is 4.84 Å². The third kappa shape index (κ3) is 3.48. The Morgan fingerprint density at radius 1 is 1.23 bits per heavy atom. The van der Waals surface area contributed by atoms with Gasteiger partial charge in [0.2, 0.25) is 6.29 Å². The SMILES string of the molecule is COC(OC)[C@]1(C)Oc2ccc(N)cc2[C@@H](n2c(=S)oc3ccccc32)[C@H]1OC(C)=O. The number of nitrogens with two attached hydrogens (primary N) is 1. The molecule has 0 saturated heterocycles. The van der Waals surface area contributed by atoms with Gasteiger partial charge in [-0.3, -0.25) is 9.36 Å². The maximum absolute atomic E-state index is 12.2. The molecule has 0 saturated carbocycles. The van der Waals surface area contributed by atoms with Crippen molar-refractivity contribution in [2.24, 2.45) is 0 Å². The molecule has 0 spiro atoms. The summed E-state index contributed by atoms with van der Waals surface area (Å²) in [7, 11) is 3.00. The number of hydrogen-bond donors (Lipinski definition) is 1. The number of rotatable bonds is 5. The second-order valence-corrected chi connectivity index (χ2v) is 7.92. The lowest BCUT2D eigenvalue weighted by Gasteiger charge is -2.48. The predicted octanol–water partition coefficient (Wildman–Crippen LogP) is 3.84. The third-order valence-corrected chi connectivity index (χ3v) is 5.80. The van der Waals surface area contributed by atoms with E-state index < -0.39 is 30.0 Å². The maximum atomic E-state index is 12.2. The summed E-state index contributed by atoms with van der Waals surface area (Å²) in [6, 6.07) is 12.2. The van der Waals surface area contributed by atoms with Gasteiger partial charge in [-0.05, 0) is 49.5 Å². The van der Waals surface area contributed by atoms with Crippen LogP contribution < -0.4 is 10.5 Å². The maximum Gasteiger partial charge on any atom is 0.303 e. The predicted molar refractivity (Wildman–Crippen MR) is 116 cm³/mol. The van der Waals surface area contributed by atoms with E-state index in [9.17, 15) is 4.79 Å². The Hall–Kier alpha value is -2.88. The minimum atomic E-state index is -1.21. The highest BCUT2D eigenvalue weighted by Crippen LogP contribution is 2.47. The Morgan fingerprint density at radius 2 is 1.94 bits per heavy atom. The minimum absolute atomic E-state index is 0.229. The summed E-state index contributed by atoms with van der Waals surface area (Å²) in [6.45, 7) is 3.12. The molecule has 2 aromatic carbocycles. The topological polar surface area (TPSA) is 98.1 Å².